The minimum Gasteiger partial charge on any atom is -0.304 e. The molecule has 0 saturated carbocycles. The Morgan fingerprint density at radius 1 is 0.864 bits per heavy atom. The van der Waals surface area contributed by atoms with Gasteiger partial charge in [-0.25, -0.2) is 0 Å². The zero-order valence-electron chi connectivity index (χ0n) is 16.6. The molecule has 22 heavy (non-hydrogen) atoms. The zero-order chi connectivity index (χ0) is 17.9. The average molecular weight is 307 g/mol. The molecule has 0 fully saturated rings. The molecule has 1 aromatic rings. The molecule has 0 N–H and O–H groups in total. The number of carbonyl (C=O) groups is 1. The van der Waals surface area contributed by atoms with Crippen LogP contribution >= 0.6 is 0 Å². The summed E-state index contributed by atoms with van der Waals surface area (Å²) in [5.41, 5.74) is 6.19. The van der Waals surface area contributed by atoms with E-state index in [2.05, 4.69) is 60.6 Å². The van der Waals surface area contributed by atoms with Gasteiger partial charge in [-0.1, -0.05) is 74.4 Å². The van der Waals surface area contributed by atoms with Gasteiger partial charge in [-0.15, -0.1) is 0 Å². The van der Waals surface area contributed by atoms with Crippen molar-refractivity contribution >= 4 is 6.29 Å². The summed E-state index contributed by atoms with van der Waals surface area (Å²) in [5.74, 6) is 1.87. The summed E-state index contributed by atoms with van der Waals surface area (Å²) < 4.78 is 0. The first-order valence-electron chi connectivity index (χ1n) is 8.86. The lowest BCUT2D eigenvalue weighted by Gasteiger charge is -2.22. The van der Waals surface area contributed by atoms with Gasteiger partial charge in [0.15, 0.2) is 0 Å². The molecular weight excluding hydrogens is 268 g/mol. The Morgan fingerprint density at radius 3 is 1.36 bits per heavy atom. The van der Waals surface area contributed by atoms with E-state index in [4.69, 9.17) is 4.79 Å². The SMILES string of the molecule is CC.CC=O.CCc1c(C(C)C)cc(C(C)C)cc1C(C)C. The van der Waals surface area contributed by atoms with Crippen molar-refractivity contribution in [2.24, 2.45) is 0 Å². The topological polar surface area (TPSA) is 17.1 Å². The summed E-state index contributed by atoms with van der Waals surface area (Å²) in [6.07, 6.45) is 1.90. The molecule has 1 aromatic carbocycles. The van der Waals surface area contributed by atoms with Crippen LogP contribution in [0.15, 0.2) is 12.1 Å². The van der Waals surface area contributed by atoms with E-state index in [9.17, 15) is 0 Å². The van der Waals surface area contributed by atoms with Crippen molar-refractivity contribution in [2.45, 2.75) is 93.4 Å². The third kappa shape index (κ3) is 7.24. The molecular formula is C21H38O. The molecule has 0 aromatic heterocycles. The Bertz CT molecular complexity index is 385. The van der Waals surface area contributed by atoms with Crippen molar-refractivity contribution in [2.75, 3.05) is 0 Å². The summed E-state index contributed by atoms with van der Waals surface area (Å²) in [5, 5.41) is 0. The molecule has 0 bridgehead atoms. The third-order valence-corrected chi connectivity index (χ3v) is 3.61. The van der Waals surface area contributed by atoms with E-state index in [1.165, 1.54) is 12.5 Å². The van der Waals surface area contributed by atoms with Crippen molar-refractivity contribution in [3.8, 4) is 0 Å². The van der Waals surface area contributed by atoms with Gasteiger partial charge in [0.2, 0.25) is 0 Å². The van der Waals surface area contributed by atoms with Crippen molar-refractivity contribution in [1.29, 1.82) is 0 Å². The first kappa shape index (κ1) is 23.2. The van der Waals surface area contributed by atoms with Crippen LogP contribution < -0.4 is 0 Å². The van der Waals surface area contributed by atoms with Gasteiger partial charge in [-0.05, 0) is 53.4 Å². The number of aldehydes is 1. The molecule has 0 saturated heterocycles. The maximum absolute atomic E-state index is 8.81. The lowest BCUT2D eigenvalue weighted by Crippen LogP contribution is -2.05. The van der Waals surface area contributed by atoms with Crippen LogP contribution in [-0.2, 0) is 11.2 Å². The van der Waals surface area contributed by atoms with Crippen LogP contribution in [0, 0.1) is 0 Å². The van der Waals surface area contributed by atoms with Crippen LogP contribution in [0.3, 0.4) is 0 Å². The van der Waals surface area contributed by atoms with Gasteiger partial charge >= 0.3 is 0 Å². The first-order chi connectivity index (χ1) is 10.3. The van der Waals surface area contributed by atoms with Gasteiger partial charge in [0, 0.05) is 0 Å². The smallest absolute Gasteiger partial charge is 0.116 e. The Morgan fingerprint density at radius 2 is 1.18 bits per heavy atom. The van der Waals surface area contributed by atoms with E-state index in [-0.39, 0.29) is 0 Å². The van der Waals surface area contributed by atoms with Crippen LogP contribution in [0.1, 0.15) is 109 Å². The number of hydrogen-bond donors (Lipinski definition) is 0. The van der Waals surface area contributed by atoms with Gasteiger partial charge in [-0.2, -0.15) is 0 Å². The van der Waals surface area contributed by atoms with E-state index in [0.717, 1.165) is 12.7 Å². The normalized spacial score (nSPS) is 10.0. The molecule has 0 aliphatic rings. The fourth-order valence-electron chi connectivity index (χ4n) is 2.51. The van der Waals surface area contributed by atoms with Gasteiger partial charge in [0.25, 0.3) is 0 Å². The molecule has 128 valence electrons. The second kappa shape index (κ2) is 12.4. The Kier molecular flexibility index (Phi) is 13.1. The fourth-order valence-corrected chi connectivity index (χ4v) is 2.51. The molecule has 0 amide bonds. The van der Waals surface area contributed by atoms with Gasteiger partial charge in [0.1, 0.15) is 6.29 Å². The molecule has 1 heteroatoms. The molecule has 0 spiro atoms. The molecule has 0 aliphatic carbocycles. The second-order valence-corrected chi connectivity index (χ2v) is 6.23. The molecule has 0 atom stereocenters. The highest BCUT2D eigenvalue weighted by Crippen LogP contribution is 2.32. The second-order valence-electron chi connectivity index (χ2n) is 6.23. The Labute approximate surface area is 139 Å². The molecule has 0 aliphatic heterocycles. The molecule has 0 unspecified atom stereocenters. The molecule has 1 nitrogen and oxygen atoms in total. The third-order valence-electron chi connectivity index (χ3n) is 3.61. The predicted octanol–water partition coefficient (Wildman–Crippen LogP) is 6.85. The van der Waals surface area contributed by atoms with Gasteiger partial charge in [0.05, 0.1) is 0 Å². The fraction of sp³-hybridized carbons (Fsp3) is 0.667. The minimum atomic E-state index is 0.621. The van der Waals surface area contributed by atoms with Crippen molar-refractivity contribution in [3.63, 3.8) is 0 Å². The quantitative estimate of drug-likeness (QED) is 0.556. The van der Waals surface area contributed by atoms with Gasteiger partial charge < -0.3 is 4.79 Å². The minimum absolute atomic E-state index is 0.621. The zero-order valence-corrected chi connectivity index (χ0v) is 16.6. The largest absolute Gasteiger partial charge is 0.304 e. The first-order valence-corrected chi connectivity index (χ1v) is 8.86. The van der Waals surface area contributed by atoms with Crippen LogP contribution in [0.25, 0.3) is 0 Å². The lowest BCUT2D eigenvalue weighted by molar-refractivity contribution is -0.106. The molecule has 0 radical (unpaired) electrons. The predicted molar refractivity (Wildman–Crippen MR) is 101 cm³/mol. The van der Waals surface area contributed by atoms with Crippen molar-refractivity contribution < 1.29 is 4.79 Å². The summed E-state index contributed by atoms with van der Waals surface area (Å²) in [7, 11) is 0. The van der Waals surface area contributed by atoms with Crippen LogP contribution in [0.4, 0.5) is 0 Å². The standard InChI is InChI=1S/C17H28.C2H4O.C2H6/c1-8-15-16(12(4)5)9-14(11(2)3)10-17(15)13(6)7;1-2-3;1-2/h9-13H,8H2,1-7H3;2H,1H3;1-2H3. The number of benzene rings is 1. The van der Waals surface area contributed by atoms with Crippen molar-refractivity contribution in [3.05, 3.63) is 34.4 Å². The van der Waals surface area contributed by atoms with E-state index < -0.39 is 0 Å². The number of rotatable bonds is 4. The maximum atomic E-state index is 8.81. The molecule has 0 heterocycles. The number of hydrogen-bond acceptors (Lipinski definition) is 1. The molecule has 1 rings (SSSR count). The summed E-state index contributed by atoms with van der Waals surface area (Å²) in [4.78, 5) is 8.81. The van der Waals surface area contributed by atoms with E-state index in [0.29, 0.717) is 17.8 Å². The average Bonchev–Trinajstić information content (AvgIpc) is 2.48. The summed E-state index contributed by atoms with van der Waals surface area (Å²) >= 11 is 0. The highest BCUT2D eigenvalue weighted by atomic mass is 16.1. The van der Waals surface area contributed by atoms with E-state index >= 15 is 0 Å². The Hall–Kier alpha value is -1.11. The lowest BCUT2D eigenvalue weighted by atomic mass is 9.83. The highest BCUT2D eigenvalue weighted by Gasteiger charge is 2.15. The monoisotopic (exact) mass is 306 g/mol. The van der Waals surface area contributed by atoms with E-state index in [1.807, 2.05) is 13.8 Å². The summed E-state index contributed by atoms with van der Waals surface area (Å²) in [6.45, 7) is 21.5. The van der Waals surface area contributed by atoms with Gasteiger partial charge in [-0.3, -0.25) is 0 Å². The highest BCUT2D eigenvalue weighted by molar-refractivity contribution is 5.44. The maximum Gasteiger partial charge on any atom is 0.116 e. The van der Waals surface area contributed by atoms with E-state index in [1.54, 1.807) is 16.7 Å². The van der Waals surface area contributed by atoms with Crippen molar-refractivity contribution in [1.82, 2.24) is 0 Å². The summed E-state index contributed by atoms with van der Waals surface area (Å²) in [6, 6.07) is 4.86. The Balaban J connectivity index is 0. The van der Waals surface area contributed by atoms with Crippen LogP contribution in [0.2, 0.25) is 0 Å². The van der Waals surface area contributed by atoms with Crippen LogP contribution in [-0.4, -0.2) is 6.29 Å². The number of carbonyl (C=O) groups excluding carboxylic acids is 1. The van der Waals surface area contributed by atoms with Crippen LogP contribution in [0.5, 0.6) is 0 Å².